The first kappa shape index (κ1) is 25.3. The lowest BCUT2D eigenvalue weighted by molar-refractivity contribution is -0.142. The number of halogens is 1. The summed E-state index contributed by atoms with van der Waals surface area (Å²) in [4.78, 5) is 39.1. The minimum atomic E-state index is -0.718. The van der Waals surface area contributed by atoms with Crippen molar-refractivity contribution < 1.29 is 19.5 Å². The number of aliphatic carboxylic acids is 1. The molecule has 8 heteroatoms. The molecule has 0 radical (unpaired) electrons. The second kappa shape index (κ2) is 10.8. The highest BCUT2D eigenvalue weighted by Gasteiger charge is 2.33. The smallest absolute Gasteiger partial charge is 0.306 e. The van der Waals surface area contributed by atoms with Crippen molar-refractivity contribution in [3.63, 3.8) is 0 Å². The molecule has 3 rings (SSSR count). The normalized spacial score (nSPS) is 27.5. The Kier molecular flexibility index (Phi) is 8.27. The minimum absolute atomic E-state index is 0.0147. The van der Waals surface area contributed by atoms with E-state index in [1.807, 2.05) is 26.8 Å². The summed E-state index contributed by atoms with van der Waals surface area (Å²) in [5, 5.41) is 15.7. The molecule has 1 saturated carbocycles. The summed E-state index contributed by atoms with van der Waals surface area (Å²) in [5.41, 5.74) is 2.26. The molecule has 1 aromatic rings. The zero-order chi connectivity index (χ0) is 24.3. The number of carbonyl (C=O) groups is 3. The minimum Gasteiger partial charge on any atom is -0.481 e. The van der Waals surface area contributed by atoms with Gasteiger partial charge < -0.3 is 20.6 Å². The fourth-order valence-corrected chi connectivity index (χ4v) is 5.65. The van der Waals surface area contributed by atoms with Gasteiger partial charge in [0.2, 0.25) is 5.91 Å². The van der Waals surface area contributed by atoms with Crippen LogP contribution in [0.4, 0.5) is 5.69 Å². The number of amides is 2. The molecular weight excluding hydrogens is 442 g/mol. The van der Waals surface area contributed by atoms with E-state index in [2.05, 4.69) is 22.5 Å². The van der Waals surface area contributed by atoms with Gasteiger partial charge in [-0.2, -0.15) is 0 Å². The number of nitrogens with one attached hydrogen (secondary N) is 2. The van der Waals surface area contributed by atoms with Gasteiger partial charge in [0.1, 0.15) is 0 Å². The van der Waals surface area contributed by atoms with Gasteiger partial charge in [-0.25, -0.2) is 0 Å². The summed E-state index contributed by atoms with van der Waals surface area (Å²) in [6.45, 7) is 9.05. The van der Waals surface area contributed by atoms with Crippen molar-refractivity contribution in [3.8, 4) is 0 Å². The van der Waals surface area contributed by atoms with Crippen LogP contribution in [-0.4, -0.2) is 48.1 Å². The molecule has 182 valence electrons. The predicted molar refractivity (Wildman–Crippen MR) is 130 cm³/mol. The molecule has 3 atom stereocenters. The Balaban J connectivity index is 1.75. The van der Waals surface area contributed by atoms with E-state index in [9.17, 15) is 19.5 Å². The summed E-state index contributed by atoms with van der Waals surface area (Å²) in [5.74, 6) is -1.30. The summed E-state index contributed by atoms with van der Waals surface area (Å²) in [7, 11) is 0. The highest BCUT2D eigenvalue weighted by atomic mass is 35.5. The van der Waals surface area contributed by atoms with Crippen LogP contribution in [0.5, 0.6) is 0 Å². The van der Waals surface area contributed by atoms with Crippen LogP contribution in [0, 0.1) is 24.7 Å². The molecule has 0 spiro atoms. The first-order chi connectivity index (χ1) is 15.6. The highest BCUT2D eigenvalue weighted by Crippen LogP contribution is 2.35. The molecule has 1 aliphatic carbocycles. The third kappa shape index (κ3) is 5.81. The standard InChI is InChI=1S/C25H36ClN3O4/c1-5-29(19-8-6-17(7-9-19)25(32)33)22-12-18(26)11-20(16(22)4)23(30)27-13-21-14(2)10-15(3)28-24(21)31/h11-12,14-15,17,19,21H,5-10,13H2,1-4H3,(H,27,30)(H,28,31)(H,32,33). The van der Waals surface area contributed by atoms with Crippen LogP contribution in [0.2, 0.25) is 5.02 Å². The summed E-state index contributed by atoms with van der Waals surface area (Å²) in [6.07, 6.45) is 3.80. The van der Waals surface area contributed by atoms with E-state index in [-0.39, 0.29) is 48.2 Å². The Hall–Kier alpha value is -2.28. The zero-order valence-electron chi connectivity index (χ0n) is 20.0. The average molecular weight is 478 g/mol. The molecule has 2 aliphatic rings. The second-order valence-electron chi connectivity index (χ2n) is 9.67. The summed E-state index contributed by atoms with van der Waals surface area (Å²) in [6, 6.07) is 3.94. The van der Waals surface area contributed by atoms with Crippen LogP contribution >= 0.6 is 11.6 Å². The number of nitrogens with zero attached hydrogens (tertiary/aromatic N) is 1. The van der Waals surface area contributed by atoms with Crippen molar-refractivity contribution in [3.05, 3.63) is 28.3 Å². The molecular formula is C25H36ClN3O4. The van der Waals surface area contributed by atoms with Crippen molar-refractivity contribution in [2.75, 3.05) is 18.0 Å². The number of benzene rings is 1. The molecule has 1 aliphatic heterocycles. The van der Waals surface area contributed by atoms with Gasteiger partial charge in [0.25, 0.3) is 5.91 Å². The van der Waals surface area contributed by atoms with E-state index >= 15 is 0 Å². The van der Waals surface area contributed by atoms with Crippen LogP contribution in [0.15, 0.2) is 12.1 Å². The lowest BCUT2D eigenvalue weighted by Crippen LogP contribution is -2.50. The van der Waals surface area contributed by atoms with Crippen LogP contribution < -0.4 is 15.5 Å². The van der Waals surface area contributed by atoms with Crippen molar-refractivity contribution in [2.24, 2.45) is 17.8 Å². The number of hydrogen-bond donors (Lipinski definition) is 3. The molecule has 1 saturated heterocycles. The molecule has 0 bridgehead atoms. The van der Waals surface area contributed by atoms with Crippen molar-refractivity contribution in [1.29, 1.82) is 0 Å². The van der Waals surface area contributed by atoms with Gasteiger partial charge >= 0.3 is 5.97 Å². The van der Waals surface area contributed by atoms with Gasteiger partial charge in [0, 0.05) is 41.4 Å². The third-order valence-electron chi connectivity index (χ3n) is 7.35. The molecule has 3 unspecified atom stereocenters. The first-order valence-electron chi connectivity index (χ1n) is 12.0. The van der Waals surface area contributed by atoms with Gasteiger partial charge in [-0.3, -0.25) is 14.4 Å². The van der Waals surface area contributed by atoms with Gasteiger partial charge in [-0.05, 0) is 76.5 Å². The Morgan fingerprint density at radius 2 is 1.88 bits per heavy atom. The lowest BCUT2D eigenvalue weighted by atomic mass is 9.84. The molecule has 2 fully saturated rings. The van der Waals surface area contributed by atoms with Gasteiger partial charge in [0.05, 0.1) is 11.8 Å². The van der Waals surface area contributed by atoms with E-state index in [0.717, 1.165) is 37.1 Å². The molecule has 1 aromatic carbocycles. The zero-order valence-corrected chi connectivity index (χ0v) is 20.7. The predicted octanol–water partition coefficient (Wildman–Crippen LogP) is 4.01. The second-order valence-corrected chi connectivity index (χ2v) is 10.1. The molecule has 3 N–H and O–H groups in total. The lowest BCUT2D eigenvalue weighted by Gasteiger charge is -2.38. The number of rotatable bonds is 7. The van der Waals surface area contributed by atoms with Crippen molar-refractivity contribution in [1.82, 2.24) is 10.6 Å². The van der Waals surface area contributed by atoms with Crippen LogP contribution in [0.1, 0.15) is 68.8 Å². The Morgan fingerprint density at radius 1 is 1.21 bits per heavy atom. The third-order valence-corrected chi connectivity index (χ3v) is 7.56. The van der Waals surface area contributed by atoms with E-state index < -0.39 is 5.97 Å². The molecule has 33 heavy (non-hydrogen) atoms. The molecule has 2 amide bonds. The fraction of sp³-hybridized carbons (Fsp3) is 0.640. The quantitative estimate of drug-likeness (QED) is 0.551. The topological polar surface area (TPSA) is 98.7 Å². The summed E-state index contributed by atoms with van der Waals surface area (Å²) < 4.78 is 0. The van der Waals surface area contributed by atoms with Crippen LogP contribution in [-0.2, 0) is 9.59 Å². The van der Waals surface area contributed by atoms with E-state index in [0.29, 0.717) is 23.4 Å². The van der Waals surface area contributed by atoms with E-state index in [4.69, 9.17) is 11.6 Å². The SMILES string of the molecule is CCN(c1cc(Cl)cc(C(=O)NCC2C(=O)NC(C)CC2C)c1C)C1CCC(C(=O)O)CC1. The monoisotopic (exact) mass is 477 g/mol. The Bertz CT molecular complexity index is 898. The van der Waals surface area contributed by atoms with Crippen LogP contribution in [0.3, 0.4) is 0 Å². The number of carbonyl (C=O) groups excluding carboxylic acids is 2. The maximum Gasteiger partial charge on any atom is 0.306 e. The Morgan fingerprint density at radius 3 is 2.45 bits per heavy atom. The van der Waals surface area contributed by atoms with Gasteiger partial charge in [-0.15, -0.1) is 0 Å². The maximum atomic E-state index is 13.1. The van der Waals surface area contributed by atoms with Gasteiger partial charge in [0.15, 0.2) is 0 Å². The molecule has 0 aromatic heterocycles. The van der Waals surface area contributed by atoms with Crippen molar-refractivity contribution in [2.45, 2.75) is 71.9 Å². The van der Waals surface area contributed by atoms with Gasteiger partial charge in [-0.1, -0.05) is 18.5 Å². The number of anilines is 1. The molecule has 7 nitrogen and oxygen atoms in total. The number of hydrogen-bond acceptors (Lipinski definition) is 4. The number of carboxylic acids is 1. The highest BCUT2D eigenvalue weighted by molar-refractivity contribution is 6.31. The first-order valence-corrected chi connectivity index (χ1v) is 12.4. The largest absolute Gasteiger partial charge is 0.481 e. The fourth-order valence-electron chi connectivity index (χ4n) is 5.44. The van der Waals surface area contributed by atoms with E-state index in [1.165, 1.54) is 0 Å². The number of carboxylic acid groups (broad SMARTS) is 1. The summed E-state index contributed by atoms with van der Waals surface area (Å²) >= 11 is 6.43. The maximum absolute atomic E-state index is 13.1. The average Bonchev–Trinajstić information content (AvgIpc) is 2.75. The van der Waals surface area contributed by atoms with Crippen molar-refractivity contribution >= 4 is 35.1 Å². The van der Waals surface area contributed by atoms with Crippen LogP contribution in [0.25, 0.3) is 0 Å². The number of piperidine rings is 1. The molecule has 1 heterocycles. The Labute approximate surface area is 201 Å². The van der Waals surface area contributed by atoms with E-state index in [1.54, 1.807) is 6.07 Å².